The standard InChI is InChI=1S/C19H21IN2O2S/c1-3-5-18(23)21-16-6-4-7-17(12-16)25-13(2)19(24)22-15-10-8-14(20)9-11-15/h4,6-13H,3,5H2,1-2H3,(H,21,23)(H,22,24). The lowest BCUT2D eigenvalue weighted by Crippen LogP contribution is -2.22. The molecule has 0 aromatic heterocycles. The molecule has 0 bridgehead atoms. The summed E-state index contributed by atoms with van der Waals surface area (Å²) in [5.74, 6) is -0.0409. The second-order valence-electron chi connectivity index (χ2n) is 5.58. The van der Waals surface area contributed by atoms with Gasteiger partial charge in [0.15, 0.2) is 0 Å². The van der Waals surface area contributed by atoms with Gasteiger partial charge in [-0.05, 0) is 78.4 Å². The van der Waals surface area contributed by atoms with Crippen molar-refractivity contribution in [2.45, 2.75) is 36.8 Å². The number of hydrogen-bond donors (Lipinski definition) is 2. The van der Waals surface area contributed by atoms with Gasteiger partial charge in [-0.3, -0.25) is 9.59 Å². The Morgan fingerprint density at radius 3 is 2.48 bits per heavy atom. The Bertz CT molecular complexity index is 734. The molecule has 0 spiro atoms. The van der Waals surface area contributed by atoms with E-state index in [2.05, 4.69) is 33.2 Å². The lowest BCUT2D eigenvalue weighted by atomic mass is 10.3. The summed E-state index contributed by atoms with van der Waals surface area (Å²) in [4.78, 5) is 25.0. The van der Waals surface area contributed by atoms with Gasteiger partial charge in [0.25, 0.3) is 0 Å². The molecular formula is C19H21IN2O2S. The number of halogens is 1. The van der Waals surface area contributed by atoms with Gasteiger partial charge >= 0.3 is 0 Å². The predicted molar refractivity (Wildman–Crippen MR) is 113 cm³/mol. The van der Waals surface area contributed by atoms with Gasteiger partial charge in [0.05, 0.1) is 5.25 Å². The van der Waals surface area contributed by atoms with Crippen molar-refractivity contribution >= 4 is 57.5 Å². The van der Waals surface area contributed by atoms with Gasteiger partial charge in [0.1, 0.15) is 0 Å². The smallest absolute Gasteiger partial charge is 0.237 e. The highest BCUT2D eigenvalue weighted by molar-refractivity contribution is 14.1. The Kier molecular flexibility index (Phi) is 7.77. The maximum absolute atomic E-state index is 12.3. The summed E-state index contributed by atoms with van der Waals surface area (Å²) in [6.07, 6.45) is 1.32. The first-order valence-electron chi connectivity index (χ1n) is 8.11. The Balaban J connectivity index is 1.95. The van der Waals surface area contributed by atoms with E-state index >= 15 is 0 Å². The van der Waals surface area contributed by atoms with Crippen LogP contribution < -0.4 is 10.6 Å². The van der Waals surface area contributed by atoms with Crippen molar-refractivity contribution in [1.82, 2.24) is 0 Å². The molecule has 25 heavy (non-hydrogen) atoms. The number of hydrogen-bond acceptors (Lipinski definition) is 3. The maximum Gasteiger partial charge on any atom is 0.237 e. The first kappa shape index (κ1) is 19.8. The average molecular weight is 468 g/mol. The molecule has 132 valence electrons. The highest BCUT2D eigenvalue weighted by Gasteiger charge is 2.15. The third-order valence-corrected chi connectivity index (χ3v) is 5.20. The predicted octanol–water partition coefficient (Wildman–Crippen LogP) is 5.15. The van der Waals surface area contributed by atoms with E-state index in [-0.39, 0.29) is 17.1 Å². The van der Waals surface area contributed by atoms with Crippen molar-refractivity contribution in [3.05, 3.63) is 52.1 Å². The molecule has 0 saturated heterocycles. The first-order valence-corrected chi connectivity index (χ1v) is 10.1. The molecule has 4 nitrogen and oxygen atoms in total. The molecular weight excluding hydrogens is 447 g/mol. The van der Waals surface area contributed by atoms with Crippen LogP contribution in [0.2, 0.25) is 0 Å². The molecule has 0 aliphatic heterocycles. The van der Waals surface area contributed by atoms with E-state index in [1.807, 2.05) is 62.4 Å². The maximum atomic E-state index is 12.3. The number of carbonyl (C=O) groups is 2. The summed E-state index contributed by atoms with van der Waals surface area (Å²) in [7, 11) is 0. The second-order valence-corrected chi connectivity index (χ2v) is 8.24. The normalized spacial score (nSPS) is 11.6. The van der Waals surface area contributed by atoms with Crippen LogP contribution in [0.3, 0.4) is 0 Å². The lowest BCUT2D eigenvalue weighted by molar-refractivity contribution is -0.116. The fraction of sp³-hybridized carbons (Fsp3) is 0.263. The zero-order valence-electron chi connectivity index (χ0n) is 14.2. The summed E-state index contributed by atoms with van der Waals surface area (Å²) in [5.41, 5.74) is 1.55. The van der Waals surface area contributed by atoms with Crippen LogP contribution in [0, 0.1) is 3.57 Å². The molecule has 1 atom stereocenters. The Labute approximate surface area is 166 Å². The highest BCUT2D eigenvalue weighted by atomic mass is 127. The van der Waals surface area contributed by atoms with E-state index in [0.717, 1.165) is 26.3 Å². The van der Waals surface area contributed by atoms with Crippen LogP contribution in [0.1, 0.15) is 26.7 Å². The molecule has 0 heterocycles. The van der Waals surface area contributed by atoms with Gasteiger partial charge in [0.2, 0.25) is 11.8 Å². The van der Waals surface area contributed by atoms with E-state index in [4.69, 9.17) is 0 Å². The molecule has 1 unspecified atom stereocenters. The van der Waals surface area contributed by atoms with Gasteiger partial charge in [-0.25, -0.2) is 0 Å². The van der Waals surface area contributed by atoms with Crippen molar-refractivity contribution in [3.63, 3.8) is 0 Å². The summed E-state index contributed by atoms with van der Waals surface area (Å²) in [6.45, 7) is 3.84. The summed E-state index contributed by atoms with van der Waals surface area (Å²) >= 11 is 3.69. The number of benzene rings is 2. The fourth-order valence-electron chi connectivity index (χ4n) is 2.13. The number of rotatable bonds is 7. The second kappa shape index (κ2) is 9.82. The number of thioether (sulfide) groups is 1. The monoisotopic (exact) mass is 468 g/mol. The van der Waals surface area contributed by atoms with Crippen molar-refractivity contribution in [3.8, 4) is 0 Å². The third kappa shape index (κ3) is 6.70. The highest BCUT2D eigenvalue weighted by Crippen LogP contribution is 2.26. The van der Waals surface area contributed by atoms with Gasteiger partial charge in [-0.2, -0.15) is 0 Å². The molecule has 0 saturated carbocycles. The third-order valence-electron chi connectivity index (χ3n) is 3.39. The summed E-state index contributed by atoms with van der Waals surface area (Å²) in [6, 6.07) is 15.3. The quantitative estimate of drug-likeness (QED) is 0.437. The van der Waals surface area contributed by atoms with E-state index in [0.29, 0.717) is 6.42 Å². The topological polar surface area (TPSA) is 58.2 Å². The molecule has 2 N–H and O–H groups in total. The van der Waals surface area contributed by atoms with Crippen LogP contribution in [0.25, 0.3) is 0 Å². The van der Waals surface area contributed by atoms with E-state index < -0.39 is 0 Å². The SMILES string of the molecule is CCCC(=O)Nc1cccc(SC(C)C(=O)Nc2ccc(I)cc2)c1. The van der Waals surface area contributed by atoms with Gasteiger partial charge in [0, 0.05) is 26.3 Å². The van der Waals surface area contributed by atoms with Crippen LogP contribution in [0.15, 0.2) is 53.4 Å². The molecule has 2 aromatic rings. The molecule has 2 aromatic carbocycles. The van der Waals surface area contributed by atoms with Gasteiger partial charge in [-0.1, -0.05) is 13.0 Å². The van der Waals surface area contributed by atoms with Crippen molar-refractivity contribution in [2.24, 2.45) is 0 Å². The number of amides is 2. The summed E-state index contributed by atoms with van der Waals surface area (Å²) < 4.78 is 1.12. The molecule has 6 heteroatoms. The number of anilines is 2. The molecule has 0 radical (unpaired) electrons. The van der Waals surface area contributed by atoms with Crippen LogP contribution in [0.4, 0.5) is 11.4 Å². The minimum atomic E-state index is -0.249. The van der Waals surface area contributed by atoms with E-state index in [1.54, 1.807) is 0 Å². The van der Waals surface area contributed by atoms with E-state index in [1.165, 1.54) is 11.8 Å². The largest absolute Gasteiger partial charge is 0.326 e. The molecule has 2 rings (SSSR count). The van der Waals surface area contributed by atoms with E-state index in [9.17, 15) is 9.59 Å². The summed E-state index contributed by atoms with van der Waals surface area (Å²) in [5, 5.41) is 5.55. The fourth-order valence-corrected chi connectivity index (χ4v) is 3.42. The number of carbonyl (C=O) groups excluding carboxylic acids is 2. The van der Waals surface area contributed by atoms with Crippen LogP contribution in [-0.4, -0.2) is 17.1 Å². The number of nitrogens with one attached hydrogen (secondary N) is 2. The zero-order chi connectivity index (χ0) is 18.2. The lowest BCUT2D eigenvalue weighted by Gasteiger charge is -2.13. The molecule has 0 fully saturated rings. The van der Waals surface area contributed by atoms with Crippen LogP contribution in [0.5, 0.6) is 0 Å². The minimum absolute atomic E-state index is 0.00847. The van der Waals surface area contributed by atoms with Crippen molar-refractivity contribution in [1.29, 1.82) is 0 Å². The van der Waals surface area contributed by atoms with Crippen LogP contribution in [-0.2, 0) is 9.59 Å². The Morgan fingerprint density at radius 1 is 1.08 bits per heavy atom. The Hall–Kier alpha value is -1.54. The zero-order valence-corrected chi connectivity index (χ0v) is 17.2. The van der Waals surface area contributed by atoms with Gasteiger partial charge < -0.3 is 10.6 Å². The molecule has 2 amide bonds. The molecule has 0 aliphatic carbocycles. The van der Waals surface area contributed by atoms with Crippen molar-refractivity contribution in [2.75, 3.05) is 10.6 Å². The average Bonchev–Trinajstić information content (AvgIpc) is 2.57. The Morgan fingerprint density at radius 2 is 1.80 bits per heavy atom. The molecule has 0 aliphatic rings. The van der Waals surface area contributed by atoms with Gasteiger partial charge in [-0.15, -0.1) is 11.8 Å². The first-order chi connectivity index (χ1) is 12.0. The van der Waals surface area contributed by atoms with Crippen molar-refractivity contribution < 1.29 is 9.59 Å². The minimum Gasteiger partial charge on any atom is -0.326 e. The van der Waals surface area contributed by atoms with Crippen LogP contribution >= 0.6 is 34.4 Å².